The molecule has 54 heavy (non-hydrogen) atoms. The molecule has 0 unspecified atom stereocenters. The van der Waals surface area contributed by atoms with Crippen molar-refractivity contribution in [2.24, 2.45) is 0 Å². The Kier molecular flexibility index (Phi) is 7.85. The zero-order valence-electron chi connectivity index (χ0n) is 29.5. The molecule has 0 radical (unpaired) electrons. The van der Waals surface area contributed by atoms with E-state index in [1.54, 1.807) is 0 Å². The maximum Gasteiger partial charge on any atom is 0.0702 e. The first-order valence-electron chi connectivity index (χ1n) is 18.4. The lowest BCUT2D eigenvalue weighted by Crippen LogP contribution is -1.87. The molecule has 0 atom stereocenters. The minimum Gasteiger partial charge on any atom is -0.256 e. The first-order chi connectivity index (χ1) is 26.8. The second kappa shape index (κ2) is 13.4. The Balaban J connectivity index is 1.25. The van der Waals surface area contributed by atoms with E-state index in [-0.39, 0.29) is 0 Å². The van der Waals surface area contributed by atoms with E-state index in [1.165, 1.54) is 53.9 Å². The summed E-state index contributed by atoms with van der Waals surface area (Å²) in [4.78, 5) is 9.75. The highest BCUT2D eigenvalue weighted by molar-refractivity contribution is 6.26. The molecular formula is C52H34N2. The van der Waals surface area contributed by atoms with Gasteiger partial charge in [-0.25, -0.2) is 0 Å². The number of aromatic nitrogens is 2. The Bertz CT molecular complexity index is 2790. The van der Waals surface area contributed by atoms with Crippen molar-refractivity contribution in [1.82, 2.24) is 9.97 Å². The molecule has 0 bridgehead atoms. The fourth-order valence-corrected chi connectivity index (χ4v) is 7.91. The van der Waals surface area contributed by atoms with Crippen LogP contribution in [0.4, 0.5) is 0 Å². The van der Waals surface area contributed by atoms with Gasteiger partial charge in [-0.05, 0) is 89.3 Å². The molecule has 252 valence electrons. The Morgan fingerprint density at radius 1 is 0.204 bits per heavy atom. The Morgan fingerprint density at radius 3 is 0.833 bits per heavy atom. The molecule has 2 heterocycles. The largest absolute Gasteiger partial charge is 0.256 e. The van der Waals surface area contributed by atoms with Crippen molar-refractivity contribution in [2.75, 3.05) is 0 Å². The molecule has 0 saturated carbocycles. The SMILES string of the molecule is c1ccc(-c2ccc(-c3ccc4c5ccccc5c5ccc(-c6ccc(-c7ccccc7)nc6)cc5c5ccccc5c5ccccc5c4c3)cn2)cc1. The Labute approximate surface area is 314 Å². The van der Waals surface area contributed by atoms with Gasteiger partial charge in [-0.3, -0.25) is 9.97 Å². The highest BCUT2D eigenvalue weighted by atomic mass is 14.7. The summed E-state index contributed by atoms with van der Waals surface area (Å²) in [5.41, 5.74) is 8.61. The van der Waals surface area contributed by atoms with Crippen molar-refractivity contribution < 1.29 is 0 Å². The molecule has 10 aromatic rings. The molecule has 0 aliphatic rings. The number of benzene rings is 7. The van der Waals surface area contributed by atoms with E-state index in [1.807, 2.05) is 24.5 Å². The predicted molar refractivity (Wildman–Crippen MR) is 229 cm³/mol. The number of hydrogen-bond donors (Lipinski definition) is 0. The summed E-state index contributed by atoms with van der Waals surface area (Å²) in [6.45, 7) is 0. The predicted octanol–water partition coefficient (Wildman–Crippen LogP) is 14.0. The van der Waals surface area contributed by atoms with E-state index in [4.69, 9.17) is 9.97 Å². The summed E-state index contributed by atoms with van der Waals surface area (Å²) in [6.07, 6.45) is 4.00. The van der Waals surface area contributed by atoms with Crippen molar-refractivity contribution in [3.8, 4) is 44.8 Å². The van der Waals surface area contributed by atoms with E-state index in [0.29, 0.717) is 0 Å². The minimum absolute atomic E-state index is 0.969. The third kappa shape index (κ3) is 5.62. The second-order valence-electron chi connectivity index (χ2n) is 13.8. The molecule has 0 fully saturated rings. The molecule has 8 aromatic carbocycles. The number of pyridine rings is 2. The van der Waals surface area contributed by atoms with Crippen LogP contribution in [0, 0.1) is 0 Å². The van der Waals surface area contributed by atoms with Gasteiger partial charge in [0.1, 0.15) is 0 Å². The molecule has 0 aliphatic heterocycles. The van der Waals surface area contributed by atoms with Crippen molar-refractivity contribution in [2.45, 2.75) is 0 Å². The van der Waals surface area contributed by atoms with Gasteiger partial charge in [0, 0.05) is 34.6 Å². The van der Waals surface area contributed by atoms with Crippen LogP contribution in [0.25, 0.3) is 98.6 Å². The summed E-state index contributed by atoms with van der Waals surface area (Å²) >= 11 is 0. The van der Waals surface area contributed by atoms with Crippen LogP contribution in [-0.4, -0.2) is 9.97 Å². The topological polar surface area (TPSA) is 25.8 Å². The van der Waals surface area contributed by atoms with Gasteiger partial charge in [-0.15, -0.1) is 0 Å². The molecule has 0 N–H and O–H groups in total. The van der Waals surface area contributed by atoms with Crippen molar-refractivity contribution in [1.29, 1.82) is 0 Å². The van der Waals surface area contributed by atoms with Gasteiger partial charge in [0.15, 0.2) is 0 Å². The average Bonchev–Trinajstić information content (AvgIpc) is 3.26. The lowest BCUT2D eigenvalue weighted by atomic mass is 9.92. The van der Waals surface area contributed by atoms with Gasteiger partial charge in [-0.1, -0.05) is 170 Å². The zero-order chi connectivity index (χ0) is 35.8. The lowest BCUT2D eigenvalue weighted by Gasteiger charge is -2.12. The third-order valence-electron chi connectivity index (χ3n) is 10.6. The van der Waals surface area contributed by atoms with Crippen molar-refractivity contribution in [3.05, 3.63) is 207 Å². The number of fused-ring (bicyclic) bond motifs is 10. The quantitative estimate of drug-likeness (QED) is 0.184. The zero-order valence-corrected chi connectivity index (χ0v) is 29.5. The van der Waals surface area contributed by atoms with Crippen LogP contribution < -0.4 is 0 Å². The van der Waals surface area contributed by atoms with Crippen LogP contribution >= 0.6 is 0 Å². The molecule has 0 aliphatic carbocycles. The van der Waals surface area contributed by atoms with E-state index >= 15 is 0 Å². The number of hydrogen-bond acceptors (Lipinski definition) is 2. The maximum absolute atomic E-state index is 4.88. The standard InChI is InChI=1S/C52H34N2/c1-3-13-35(14-4-1)51-29-25-39(33-53-51)37-23-27-47-43-19-7-8-20-44(43)48-28-24-38(40-26-30-52(54-34-40)36-15-5-2-6-16-36)32-50(48)46-22-12-10-18-42(46)41-17-9-11-21-45(41)49(47)31-37/h1-34H. The first-order valence-corrected chi connectivity index (χ1v) is 18.4. The van der Waals surface area contributed by atoms with Crippen LogP contribution in [0.1, 0.15) is 0 Å². The summed E-state index contributed by atoms with van der Waals surface area (Å²) in [7, 11) is 0. The fourth-order valence-electron chi connectivity index (χ4n) is 7.91. The molecule has 10 rings (SSSR count). The molecule has 0 saturated heterocycles. The average molecular weight is 687 g/mol. The van der Waals surface area contributed by atoms with Crippen LogP contribution in [0.2, 0.25) is 0 Å². The van der Waals surface area contributed by atoms with Gasteiger partial charge in [-0.2, -0.15) is 0 Å². The molecule has 0 spiro atoms. The van der Waals surface area contributed by atoms with Gasteiger partial charge < -0.3 is 0 Å². The number of nitrogens with zero attached hydrogens (tertiary/aromatic N) is 2. The van der Waals surface area contributed by atoms with E-state index in [2.05, 4.69) is 182 Å². The normalized spacial score (nSPS) is 11.3. The summed E-state index contributed by atoms with van der Waals surface area (Å²) in [5.74, 6) is 0. The van der Waals surface area contributed by atoms with Crippen LogP contribution in [0.5, 0.6) is 0 Å². The van der Waals surface area contributed by atoms with E-state index < -0.39 is 0 Å². The van der Waals surface area contributed by atoms with Crippen LogP contribution in [0.15, 0.2) is 207 Å². The van der Waals surface area contributed by atoms with Gasteiger partial charge in [0.05, 0.1) is 11.4 Å². The highest BCUT2D eigenvalue weighted by Crippen LogP contribution is 2.38. The monoisotopic (exact) mass is 686 g/mol. The smallest absolute Gasteiger partial charge is 0.0702 e. The Morgan fingerprint density at radius 2 is 0.500 bits per heavy atom. The van der Waals surface area contributed by atoms with Crippen molar-refractivity contribution in [3.63, 3.8) is 0 Å². The lowest BCUT2D eigenvalue weighted by molar-refractivity contribution is 1.33. The van der Waals surface area contributed by atoms with E-state index in [9.17, 15) is 0 Å². The van der Waals surface area contributed by atoms with Gasteiger partial charge in [0.25, 0.3) is 0 Å². The third-order valence-corrected chi connectivity index (χ3v) is 10.6. The Hall–Kier alpha value is -7.16. The van der Waals surface area contributed by atoms with Crippen molar-refractivity contribution >= 4 is 53.9 Å². The fraction of sp³-hybridized carbons (Fsp3) is 0. The molecule has 2 nitrogen and oxygen atoms in total. The summed E-state index contributed by atoms with van der Waals surface area (Å²) < 4.78 is 0. The first kappa shape index (κ1) is 31.6. The molecule has 2 heteroatoms. The van der Waals surface area contributed by atoms with Crippen LogP contribution in [-0.2, 0) is 0 Å². The minimum atomic E-state index is 0.969. The number of rotatable bonds is 4. The summed E-state index contributed by atoms with van der Waals surface area (Å²) in [5, 5.41) is 12.0. The van der Waals surface area contributed by atoms with Crippen LogP contribution in [0.3, 0.4) is 0 Å². The maximum atomic E-state index is 4.88. The summed E-state index contributed by atoms with van der Waals surface area (Å²) in [6, 6.07) is 69.6. The van der Waals surface area contributed by atoms with E-state index in [0.717, 1.165) is 44.8 Å². The second-order valence-corrected chi connectivity index (χ2v) is 13.8. The van der Waals surface area contributed by atoms with Gasteiger partial charge in [0.2, 0.25) is 0 Å². The molecule has 2 aromatic heterocycles. The van der Waals surface area contributed by atoms with Gasteiger partial charge >= 0.3 is 0 Å². The highest BCUT2D eigenvalue weighted by Gasteiger charge is 2.12. The molecular weight excluding hydrogens is 653 g/mol. The molecule has 0 amide bonds.